The van der Waals surface area contributed by atoms with Crippen LogP contribution in [0.5, 0.6) is 0 Å². The zero-order valence-corrected chi connectivity index (χ0v) is 8.47. The summed E-state index contributed by atoms with van der Waals surface area (Å²) in [6, 6.07) is 0. The number of aromatic nitrogens is 2. The molecule has 1 radical (unpaired) electrons. The van der Waals surface area contributed by atoms with Gasteiger partial charge in [-0.3, -0.25) is 0 Å². The fourth-order valence-corrected chi connectivity index (χ4v) is 0.644. The molecular weight excluding hydrogens is 302 g/mol. The Morgan fingerprint density at radius 3 is 2.60 bits per heavy atom. The molecule has 0 spiro atoms. The van der Waals surface area contributed by atoms with Gasteiger partial charge >= 0.3 is 0 Å². The van der Waals surface area contributed by atoms with Crippen LogP contribution in [0.4, 0.5) is 0 Å². The predicted molar refractivity (Wildman–Crippen MR) is 32.0 cm³/mol. The Balaban J connectivity index is 0.000000810. The van der Waals surface area contributed by atoms with Gasteiger partial charge in [-0.05, 0) is 14.0 Å². The van der Waals surface area contributed by atoms with Crippen LogP contribution in [-0.4, -0.2) is 15.3 Å². The number of hydrogen-bond donors (Lipinski definition) is 0. The molecule has 0 saturated heterocycles. The molecule has 0 atom stereocenters. The van der Waals surface area contributed by atoms with Crippen molar-refractivity contribution in [2.24, 2.45) is 7.05 Å². The topological polar surface area (TPSA) is 34.9 Å². The summed E-state index contributed by atoms with van der Waals surface area (Å²) in [5.41, 5.74) is 0. The van der Waals surface area contributed by atoms with E-state index >= 15 is 0 Å². The SMILES string of the molecule is CC(=O)c1n[c-]cn1C.[Re]. The average molecular weight is 309 g/mol. The second-order valence-electron chi connectivity index (χ2n) is 1.86. The van der Waals surface area contributed by atoms with Gasteiger partial charge in [0.2, 0.25) is 0 Å². The molecule has 0 N–H and O–H groups in total. The molecule has 0 unspecified atom stereocenters. The summed E-state index contributed by atoms with van der Waals surface area (Å²) in [7, 11) is 1.76. The molecule has 0 aliphatic heterocycles. The first kappa shape index (κ1) is 9.54. The van der Waals surface area contributed by atoms with E-state index in [9.17, 15) is 4.79 Å². The quantitative estimate of drug-likeness (QED) is 0.557. The van der Waals surface area contributed by atoms with Crippen molar-refractivity contribution in [2.75, 3.05) is 0 Å². The summed E-state index contributed by atoms with van der Waals surface area (Å²) < 4.78 is 1.64. The molecule has 1 aromatic heterocycles. The van der Waals surface area contributed by atoms with Crippen molar-refractivity contribution in [1.82, 2.24) is 9.55 Å². The third-order valence-corrected chi connectivity index (χ3v) is 1.07. The summed E-state index contributed by atoms with van der Waals surface area (Å²) in [6.45, 7) is 1.48. The predicted octanol–water partition coefficient (Wildman–Crippen LogP) is 0.420. The van der Waals surface area contributed by atoms with Gasteiger partial charge in [-0.25, -0.2) is 0 Å². The Bertz CT molecular complexity index is 231. The number of imidazole rings is 1. The average Bonchev–Trinajstić information content (AvgIpc) is 2.13. The molecule has 10 heavy (non-hydrogen) atoms. The normalized spacial score (nSPS) is 8.60. The van der Waals surface area contributed by atoms with E-state index in [1.165, 1.54) is 6.92 Å². The maximum absolute atomic E-state index is 10.6. The number of aryl methyl sites for hydroxylation is 1. The molecule has 0 aliphatic rings. The van der Waals surface area contributed by atoms with Gasteiger partial charge in [0, 0.05) is 26.2 Å². The zero-order valence-electron chi connectivity index (χ0n) is 5.76. The molecule has 0 saturated carbocycles. The Morgan fingerprint density at radius 2 is 2.40 bits per heavy atom. The first-order valence-corrected chi connectivity index (χ1v) is 2.62. The van der Waals surface area contributed by atoms with Crippen LogP contribution in [0.2, 0.25) is 0 Å². The second-order valence-corrected chi connectivity index (χ2v) is 1.86. The van der Waals surface area contributed by atoms with Gasteiger partial charge in [-0.2, -0.15) is 0 Å². The fraction of sp³-hybridized carbons (Fsp3) is 0.333. The van der Waals surface area contributed by atoms with Crippen LogP contribution in [0.15, 0.2) is 6.20 Å². The van der Waals surface area contributed by atoms with Crippen molar-refractivity contribution >= 4 is 5.78 Å². The first-order valence-electron chi connectivity index (χ1n) is 2.62. The van der Waals surface area contributed by atoms with Crippen LogP contribution in [0.3, 0.4) is 0 Å². The summed E-state index contributed by atoms with van der Waals surface area (Å²) in [5, 5.41) is 0. The van der Waals surface area contributed by atoms with Crippen molar-refractivity contribution in [1.29, 1.82) is 0 Å². The smallest absolute Gasteiger partial charge is 0.113 e. The molecular formula is C6H7N2ORe-. The number of carbonyl (C=O) groups is 1. The standard InChI is InChI=1S/C6H7N2O.Re/c1-5(9)6-7-3-4-8(6)2;/h4H,1-2H3;/q-1;. The summed E-state index contributed by atoms with van der Waals surface area (Å²) in [5.74, 6) is 0.425. The van der Waals surface area contributed by atoms with Crippen molar-refractivity contribution < 1.29 is 25.2 Å². The third kappa shape index (κ3) is 1.76. The van der Waals surface area contributed by atoms with Crippen molar-refractivity contribution in [2.45, 2.75) is 6.92 Å². The molecule has 1 rings (SSSR count). The number of hydrogen-bond acceptors (Lipinski definition) is 2. The minimum atomic E-state index is -0.0289. The van der Waals surface area contributed by atoms with Gasteiger partial charge in [-0.15, -0.1) is 6.20 Å². The van der Waals surface area contributed by atoms with E-state index in [2.05, 4.69) is 11.2 Å². The monoisotopic (exact) mass is 310 g/mol. The zero-order chi connectivity index (χ0) is 6.85. The molecule has 0 aromatic carbocycles. The maximum Gasteiger partial charge on any atom is 0.113 e. The molecule has 1 aromatic rings. The largest absolute Gasteiger partial charge is 0.433 e. The van der Waals surface area contributed by atoms with Crippen LogP contribution in [0, 0.1) is 6.20 Å². The van der Waals surface area contributed by atoms with Crippen LogP contribution in [-0.2, 0) is 27.5 Å². The van der Waals surface area contributed by atoms with Gasteiger partial charge in [0.25, 0.3) is 0 Å². The first-order chi connectivity index (χ1) is 4.22. The molecule has 55 valence electrons. The van der Waals surface area contributed by atoms with E-state index in [4.69, 9.17) is 0 Å². The van der Waals surface area contributed by atoms with Crippen LogP contribution in [0.25, 0.3) is 0 Å². The number of ketones is 1. The second kappa shape index (κ2) is 3.65. The summed E-state index contributed by atoms with van der Waals surface area (Å²) in [6.07, 6.45) is 4.19. The van der Waals surface area contributed by atoms with E-state index in [0.29, 0.717) is 5.82 Å². The number of carbonyl (C=O) groups excluding carboxylic acids is 1. The van der Waals surface area contributed by atoms with Crippen LogP contribution in [0.1, 0.15) is 17.5 Å². The molecule has 3 nitrogen and oxygen atoms in total. The molecule has 0 fully saturated rings. The van der Waals surface area contributed by atoms with E-state index < -0.39 is 0 Å². The Morgan fingerprint density at radius 1 is 1.80 bits per heavy atom. The van der Waals surface area contributed by atoms with Crippen molar-refractivity contribution in [3.8, 4) is 0 Å². The van der Waals surface area contributed by atoms with E-state index in [-0.39, 0.29) is 26.2 Å². The van der Waals surface area contributed by atoms with Gasteiger partial charge in [0.15, 0.2) is 0 Å². The Kier molecular flexibility index (Phi) is 3.48. The van der Waals surface area contributed by atoms with Gasteiger partial charge < -0.3 is 14.3 Å². The molecule has 0 amide bonds. The summed E-state index contributed by atoms with van der Waals surface area (Å²) >= 11 is 0. The number of Topliss-reactive ketones (excluding diaryl/α,β-unsaturated/α-hetero) is 1. The van der Waals surface area contributed by atoms with Crippen molar-refractivity contribution in [3.05, 3.63) is 18.2 Å². The molecule has 0 aliphatic carbocycles. The Hall–Kier alpha value is -0.458. The van der Waals surface area contributed by atoms with E-state index in [1.807, 2.05) is 0 Å². The number of rotatable bonds is 1. The number of nitrogens with zero attached hydrogens (tertiary/aromatic N) is 2. The van der Waals surface area contributed by atoms with Crippen LogP contribution >= 0.6 is 0 Å². The maximum atomic E-state index is 10.6. The molecule has 1 heterocycles. The van der Waals surface area contributed by atoms with E-state index in [1.54, 1.807) is 17.8 Å². The fourth-order valence-electron chi connectivity index (χ4n) is 0.644. The summed E-state index contributed by atoms with van der Waals surface area (Å²) in [4.78, 5) is 14.3. The van der Waals surface area contributed by atoms with Gasteiger partial charge in [0.1, 0.15) is 5.78 Å². The molecule has 0 bridgehead atoms. The third-order valence-electron chi connectivity index (χ3n) is 1.07. The molecule has 4 heteroatoms. The van der Waals surface area contributed by atoms with Gasteiger partial charge in [0.05, 0.1) is 0 Å². The Labute approximate surface area is 73.1 Å². The van der Waals surface area contributed by atoms with Crippen molar-refractivity contribution in [3.63, 3.8) is 0 Å². The minimum Gasteiger partial charge on any atom is -0.433 e. The minimum absolute atomic E-state index is 0. The van der Waals surface area contributed by atoms with E-state index in [0.717, 1.165) is 0 Å². The van der Waals surface area contributed by atoms with Crippen LogP contribution < -0.4 is 0 Å². The van der Waals surface area contributed by atoms with Gasteiger partial charge in [-0.1, -0.05) is 6.20 Å².